The zero-order valence-electron chi connectivity index (χ0n) is 25.4. The Balaban J connectivity index is 6.67. The van der Waals surface area contributed by atoms with Gasteiger partial charge in [-0.15, -0.1) is 59.2 Å². The predicted molar refractivity (Wildman–Crippen MR) is 202 cm³/mol. The summed E-state index contributed by atoms with van der Waals surface area (Å²) < 4.78 is 21.8. The van der Waals surface area contributed by atoms with Crippen molar-refractivity contribution in [3.8, 4) is 0 Å². The lowest BCUT2D eigenvalue weighted by Gasteiger charge is -2.41. The van der Waals surface area contributed by atoms with Crippen molar-refractivity contribution in [3.05, 3.63) is 121 Å². The second-order valence-corrected chi connectivity index (χ2v) is 54.7. The van der Waals surface area contributed by atoms with Crippen LogP contribution in [-0.2, 0) is 12.3 Å². The Hall–Kier alpha value is -0.942. The van der Waals surface area contributed by atoms with Gasteiger partial charge in [0.05, 0.1) is 0 Å². The lowest BCUT2D eigenvalue weighted by molar-refractivity contribution is 0.577. The molecule has 0 aliphatic rings. The molecule has 0 N–H and O–H groups in total. The maximum absolute atomic E-state index is 7.28. The summed E-state index contributed by atoms with van der Waals surface area (Å²) in [5.41, 5.74) is 0. The smallest absolute Gasteiger partial charge is 0.190 e. The first-order valence-electron chi connectivity index (χ1n) is 14.4. The number of hydrogen-bond donors (Lipinski definition) is 0. The summed E-state index contributed by atoms with van der Waals surface area (Å²) in [6, 6.07) is 9.41. The third-order valence-corrected chi connectivity index (χ3v) is 52.6. The Morgan fingerprint density at radius 2 is 0.600 bits per heavy atom. The van der Waals surface area contributed by atoms with Crippen LogP contribution in [0.2, 0.25) is 60.4 Å². The van der Waals surface area contributed by atoms with E-state index in [9.17, 15) is 0 Å². The number of allylic oxidation sites excluding steroid dienone is 9. The molecule has 1 radical (unpaired) electrons. The quantitative estimate of drug-likeness (QED) is 0.0641. The Kier molecular flexibility index (Phi) is 21.2. The van der Waals surface area contributed by atoms with Gasteiger partial charge in [-0.05, 0) is 54.4 Å². The van der Waals surface area contributed by atoms with E-state index in [4.69, 9.17) is 12.3 Å². The van der Waals surface area contributed by atoms with Crippen LogP contribution in [0.25, 0.3) is 0 Å². The van der Waals surface area contributed by atoms with Gasteiger partial charge in [0.15, 0.2) is 25.0 Å². The largest absolute Gasteiger partial charge is 0.462 e. The molecular weight excluding hydrogens is 605 g/mol. The molecule has 0 fully saturated rings. The molecular formula is C30H57O3Si7. The molecule has 0 aromatic carbocycles. The average molecular weight is 662 g/mol. The van der Waals surface area contributed by atoms with E-state index in [1.807, 2.05) is 54.7 Å². The lowest BCUT2D eigenvalue weighted by atomic mass is 10.6. The summed E-state index contributed by atoms with van der Waals surface area (Å²) in [4.78, 5) is 0. The van der Waals surface area contributed by atoms with Crippen LogP contribution >= 0.6 is 0 Å². The Morgan fingerprint density at radius 3 is 0.750 bits per heavy atom. The first-order chi connectivity index (χ1) is 19.2. The van der Waals surface area contributed by atoms with Crippen molar-refractivity contribution in [2.45, 2.75) is 66.9 Å². The Bertz CT molecular complexity index is 661. The molecule has 0 saturated carbocycles. The minimum atomic E-state index is -2.09. The first kappa shape index (κ1) is 39.1. The molecule has 40 heavy (non-hydrogen) atoms. The second-order valence-electron chi connectivity index (χ2n) is 11.0. The van der Waals surface area contributed by atoms with Crippen LogP contribution < -0.4 is 0 Å². The molecule has 0 saturated heterocycles. The van der Waals surface area contributed by atoms with Crippen molar-refractivity contribution in [1.29, 1.82) is 0 Å². The van der Waals surface area contributed by atoms with E-state index >= 15 is 0 Å². The number of hydrogen-bond acceptors (Lipinski definition) is 3. The molecule has 0 bridgehead atoms. The summed E-state index contributed by atoms with van der Waals surface area (Å²) in [6.45, 7) is 39.1. The summed E-state index contributed by atoms with van der Waals surface area (Å²) in [6.07, 6.45) is 19.2. The van der Waals surface area contributed by atoms with Gasteiger partial charge >= 0.3 is 0 Å². The molecule has 0 aliphatic carbocycles. The molecule has 3 nitrogen and oxygen atoms in total. The molecule has 0 aromatic rings. The van der Waals surface area contributed by atoms with Crippen LogP contribution in [0, 0.1) is 6.92 Å². The Morgan fingerprint density at radius 1 is 0.400 bits per heavy atom. The van der Waals surface area contributed by atoms with Crippen LogP contribution in [0.1, 0.15) is 6.42 Å². The van der Waals surface area contributed by atoms with Crippen molar-refractivity contribution < 1.29 is 12.3 Å². The molecule has 0 spiro atoms. The summed E-state index contributed by atoms with van der Waals surface area (Å²) >= 11 is 0. The van der Waals surface area contributed by atoms with Crippen molar-refractivity contribution in [1.82, 2.24) is 0 Å². The minimum Gasteiger partial charge on any atom is -0.462 e. The minimum absolute atomic E-state index is 0.899. The van der Waals surface area contributed by atoms with E-state index in [1.54, 1.807) is 0 Å². The van der Waals surface area contributed by atoms with E-state index in [2.05, 4.69) is 66.1 Å². The van der Waals surface area contributed by atoms with Crippen LogP contribution in [0.3, 0.4) is 0 Å². The van der Waals surface area contributed by atoms with Crippen molar-refractivity contribution >= 4 is 59.4 Å². The topological polar surface area (TPSA) is 27.7 Å². The fourth-order valence-electron chi connectivity index (χ4n) is 5.28. The van der Waals surface area contributed by atoms with Crippen LogP contribution in [0.5, 0.6) is 0 Å². The normalized spacial score (nSPS) is 14.3. The highest BCUT2D eigenvalue weighted by molar-refractivity contribution is 7.68. The summed E-state index contributed by atoms with van der Waals surface area (Å²) in [5, 5.41) is 0. The fraction of sp³-hybridized carbons (Fsp3) is 0.367. The highest BCUT2D eigenvalue weighted by atomic mass is 29.9. The van der Waals surface area contributed by atoms with Crippen molar-refractivity contribution in [2.24, 2.45) is 0 Å². The molecule has 0 rings (SSSR count). The lowest BCUT2D eigenvalue weighted by Crippen LogP contribution is -2.63. The second kappa shape index (κ2) is 21.7. The maximum atomic E-state index is 7.28. The zero-order chi connectivity index (χ0) is 30.4. The van der Waals surface area contributed by atoms with Crippen molar-refractivity contribution in [3.63, 3.8) is 0 Å². The van der Waals surface area contributed by atoms with E-state index < -0.39 is 59.4 Å². The Labute approximate surface area is 258 Å². The van der Waals surface area contributed by atoms with Crippen LogP contribution in [0.4, 0.5) is 0 Å². The van der Waals surface area contributed by atoms with Gasteiger partial charge in [-0.1, -0.05) is 74.1 Å². The van der Waals surface area contributed by atoms with Crippen LogP contribution in [-0.4, -0.2) is 59.4 Å². The van der Waals surface area contributed by atoms with E-state index in [1.165, 1.54) is 0 Å². The molecule has 0 unspecified atom stereocenters. The van der Waals surface area contributed by atoms with Crippen molar-refractivity contribution in [2.75, 3.05) is 0 Å². The fourth-order valence-corrected chi connectivity index (χ4v) is 64.2. The van der Waals surface area contributed by atoms with E-state index in [-0.39, 0.29) is 0 Å². The SMILES string of the molecule is [CH2]CC[Si]([SiH2]O[Si](CC=C)(CC=C)CC=C)([SiH2]O[Si](CC=C)(CC=C)CC=C)[SiH2]O[Si](CC=C)(CC=C)CC=C. The van der Waals surface area contributed by atoms with Gasteiger partial charge in [0.2, 0.25) is 0 Å². The zero-order valence-corrected chi connectivity index (χ0v) is 33.6. The molecule has 10 heteroatoms. The average Bonchev–Trinajstić information content (AvgIpc) is 2.91. The third-order valence-electron chi connectivity index (χ3n) is 7.41. The highest BCUT2D eigenvalue weighted by Crippen LogP contribution is 2.30. The molecule has 0 aromatic heterocycles. The van der Waals surface area contributed by atoms with Gasteiger partial charge in [0.25, 0.3) is 0 Å². The standard InChI is InChI=1S/C30H57O3Si7/c1-11-21-37(22-12-2,23-13-3)31-34-40(30-20-10,35-32-38(24-14-4,25-15-5)26-16-6)36-33-39(27-17-7,28-18-8)29-19-9/h11-19H,1-10,20-30,34-36H2. The van der Waals surface area contributed by atoms with Gasteiger partial charge < -0.3 is 12.3 Å². The predicted octanol–water partition coefficient (Wildman–Crippen LogP) is 6.96. The molecule has 223 valence electrons. The highest BCUT2D eigenvalue weighted by Gasteiger charge is 2.45. The van der Waals surface area contributed by atoms with Gasteiger partial charge in [-0.25, -0.2) is 0 Å². The van der Waals surface area contributed by atoms with Gasteiger partial charge in [-0.2, -0.15) is 0 Å². The monoisotopic (exact) mass is 661 g/mol. The maximum Gasteiger partial charge on any atom is 0.190 e. The van der Waals surface area contributed by atoms with Gasteiger partial charge in [0.1, 0.15) is 34.5 Å². The summed E-state index contributed by atoms with van der Waals surface area (Å²) in [7, 11) is -8.98. The first-order valence-corrected chi connectivity index (χ1v) is 32.9. The van der Waals surface area contributed by atoms with E-state index in [0.29, 0.717) is 0 Å². The summed E-state index contributed by atoms with van der Waals surface area (Å²) in [5.74, 6) is 0. The number of rotatable bonds is 29. The third kappa shape index (κ3) is 13.4. The molecule has 0 aliphatic heterocycles. The van der Waals surface area contributed by atoms with E-state index in [0.717, 1.165) is 66.9 Å². The molecule has 0 atom stereocenters. The van der Waals surface area contributed by atoms with Crippen LogP contribution in [0.15, 0.2) is 114 Å². The molecule has 0 amide bonds. The van der Waals surface area contributed by atoms with Gasteiger partial charge in [-0.3, -0.25) is 0 Å². The van der Waals surface area contributed by atoms with Gasteiger partial charge in [0, 0.05) is 0 Å². The molecule has 0 heterocycles.